The van der Waals surface area contributed by atoms with E-state index in [2.05, 4.69) is 5.32 Å². The van der Waals surface area contributed by atoms with Gasteiger partial charge in [-0.1, -0.05) is 65.7 Å². The first-order chi connectivity index (χ1) is 13.6. The normalized spacial score (nSPS) is 12.9. The number of anilines is 2. The number of benzene rings is 3. The van der Waals surface area contributed by atoms with Crippen molar-refractivity contribution in [2.45, 2.75) is 6.61 Å². The maximum Gasteiger partial charge on any atom is 0.258 e. The highest BCUT2D eigenvalue weighted by molar-refractivity contribution is 6.38. The van der Waals surface area contributed by atoms with Gasteiger partial charge in [0.1, 0.15) is 6.61 Å². The summed E-state index contributed by atoms with van der Waals surface area (Å²) in [5.74, 6) is 0.233. The first kappa shape index (κ1) is 18.7. The summed E-state index contributed by atoms with van der Waals surface area (Å²) in [5, 5.41) is 3.93. The third kappa shape index (κ3) is 3.79. The number of carbonyl (C=O) groups excluding carboxylic acids is 1. The number of hydrogen-bond acceptors (Lipinski definition) is 3. The number of nitrogens with zero attached hydrogens (tertiary/aromatic N) is 1. The van der Waals surface area contributed by atoms with Crippen LogP contribution in [0.5, 0.6) is 5.75 Å². The van der Waals surface area contributed by atoms with Crippen LogP contribution in [0.25, 0.3) is 0 Å². The number of ether oxygens (including phenoxy) is 1. The van der Waals surface area contributed by atoms with E-state index < -0.39 is 0 Å². The zero-order chi connectivity index (χ0) is 19.5. The lowest BCUT2D eigenvalue weighted by Crippen LogP contribution is -2.38. The van der Waals surface area contributed by atoms with Gasteiger partial charge in [0, 0.05) is 18.7 Å². The van der Waals surface area contributed by atoms with Gasteiger partial charge >= 0.3 is 0 Å². The molecule has 3 aromatic carbocycles. The molecule has 0 saturated carbocycles. The molecule has 0 spiro atoms. The number of fused-ring (bicyclic) bond motifs is 1. The molecule has 0 aromatic heterocycles. The van der Waals surface area contributed by atoms with Crippen molar-refractivity contribution in [2.24, 2.45) is 0 Å². The molecule has 0 aliphatic carbocycles. The topological polar surface area (TPSA) is 41.6 Å². The highest BCUT2D eigenvalue weighted by Gasteiger charge is 2.24. The Hall–Kier alpha value is -2.69. The van der Waals surface area contributed by atoms with Crippen LogP contribution >= 0.6 is 23.2 Å². The average molecular weight is 413 g/mol. The largest absolute Gasteiger partial charge is 0.486 e. The van der Waals surface area contributed by atoms with Gasteiger partial charge in [0.2, 0.25) is 0 Å². The summed E-state index contributed by atoms with van der Waals surface area (Å²) in [6, 6.07) is 20.7. The molecular formula is C22H18Cl2N2O2. The number of halogens is 2. The molecule has 0 radical (unpaired) electrons. The minimum atomic E-state index is -0.146. The molecule has 3 aromatic rings. The maximum absolute atomic E-state index is 13.1. The Morgan fingerprint density at radius 1 is 1.00 bits per heavy atom. The van der Waals surface area contributed by atoms with Crippen molar-refractivity contribution in [3.05, 3.63) is 87.9 Å². The summed E-state index contributed by atoms with van der Waals surface area (Å²) >= 11 is 12.8. The fourth-order valence-electron chi connectivity index (χ4n) is 3.20. The average Bonchev–Trinajstić information content (AvgIpc) is 2.73. The molecule has 0 atom stereocenters. The second-order valence-electron chi connectivity index (χ2n) is 6.44. The lowest BCUT2D eigenvalue weighted by Gasteiger charge is -2.30. The number of hydrogen-bond donors (Lipinski definition) is 1. The second kappa shape index (κ2) is 8.13. The van der Waals surface area contributed by atoms with Gasteiger partial charge in [-0.3, -0.25) is 4.79 Å². The van der Waals surface area contributed by atoms with Crippen molar-refractivity contribution in [1.82, 2.24) is 0 Å². The Labute approximate surface area is 173 Å². The highest BCUT2D eigenvalue weighted by Crippen LogP contribution is 2.36. The third-order valence-corrected chi connectivity index (χ3v) is 5.12. The molecule has 1 aliphatic rings. The van der Waals surface area contributed by atoms with Crippen LogP contribution in [0.4, 0.5) is 11.4 Å². The Kier molecular flexibility index (Phi) is 5.42. The summed E-state index contributed by atoms with van der Waals surface area (Å²) in [4.78, 5) is 14.8. The SMILES string of the molecule is O=C(c1cc(Cl)c(OCc2ccccc2)c(Cl)c1)N1CCNc2ccccc21. The first-order valence-electron chi connectivity index (χ1n) is 8.94. The standard InChI is InChI=1S/C22H18Cl2N2O2/c23-17-12-16(13-18(24)21(17)28-14-15-6-2-1-3-7-15)22(27)26-11-10-25-19-8-4-5-9-20(19)26/h1-9,12-13,25H,10-11,14H2. The van der Waals surface area contributed by atoms with Gasteiger partial charge < -0.3 is 15.0 Å². The van der Waals surface area contributed by atoms with Crippen LogP contribution in [-0.4, -0.2) is 19.0 Å². The number of rotatable bonds is 4. The number of amides is 1. The molecular weight excluding hydrogens is 395 g/mol. The maximum atomic E-state index is 13.1. The van der Waals surface area contributed by atoms with Gasteiger partial charge in [0.25, 0.3) is 5.91 Å². The minimum Gasteiger partial charge on any atom is -0.486 e. The summed E-state index contributed by atoms with van der Waals surface area (Å²) < 4.78 is 5.79. The second-order valence-corrected chi connectivity index (χ2v) is 7.26. The Morgan fingerprint density at radius 2 is 1.68 bits per heavy atom. The molecule has 0 fully saturated rings. The molecule has 0 bridgehead atoms. The molecule has 1 aliphatic heterocycles. The fourth-order valence-corrected chi connectivity index (χ4v) is 3.80. The predicted octanol–water partition coefficient (Wildman–Crippen LogP) is 5.64. The molecule has 4 rings (SSSR count). The van der Waals surface area contributed by atoms with E-state index in [-0.39, 0.29) is 5.91 Å². The molecule has 142 valence electrons. The van der Waals surface area contributed by atoms with E-state index in [1.54, 1.807) is 17.0 Å². The summed E-state index contributed by atoms with van der Waals surface area (Å²) in [6.45, 7) is 1.60. The van der Waals surface area contributed by atoms with Crippen LogP contribution in [0, 0.1) is 0 Å². The van der Waals surface area contributed by atoms with Crippen LogP contribution in [0.15, 0.2) is 66.7 Å². The van der Waals surface area contributed by atoms with E-state index in [4.69, 9.17) is 27.9 Å². The van der Waals surface area contributed by atoms with Crippen molar-refractivity contribution >= 4 is 40.5 Å². The predicted molar refractivity (Wildman–Crippen MR) is 114 cm³/mol. The molecule has 1 heterocycles. The minimum absolute atomic E-state index is 0.146. The van der Waals surface area contributed by atoms with Crippen LogP contribution in [-0.2, 0) is 6.61 Å². The van der Waals surface area contributed by atoms with Crippen molar-refractivity contribution in [1.29, 1.82) is 0 Å². The van der Waals surface area contributed by atoms with Gasteiger partial charge in [0.15, 0.2) is 5.75 Å². The third-order valence-electron chi connectivity index (χ3n) is 4.56. The van der Waals surface area contributed by atoms with Crippen LogP contribution in [0.3, 0.4) is 0 Å². The van der Waals surface area contributed by atoms with E-state index in [0.717, 1.165) is 16.9 Å². The smallest absolute Gasteiger partial charge is 0.258 e. The molecule has 0 unspecified atom stereocenters. The zero-order valence-electron chi connectivity index (χ0n) is 15.0. The number of nitrogens with one attached hydrogen (secondary N) is 1. The lowest BCUT2D eigenvalue weighted by molar-refractivity contribution is 0.0987. The van der Waals surface area contributed by atoms with Gasteiger partial charge in [-0.2, -0.15) is 0 Å². The molecule has 4 nitrogen and oxygen atoms in total. The highest BCUT2D eigenvalue weighted by atomic mass is 35.5. The Balaban J connectivity index is 1.57. The Bertz CT molecular complexity index is 985. The summed E-state index contributed by atoms with van der Waals surface area (Å²) in [5.41, 5.74) is 3.21. The molecule has 28 heavy (non-hydrogen) atoms. The van der Waals surface area contributed by atoms with Crippen molar-refractivity contribution in [3.63, 3.8) is 0 Å². The molecule has 1 N–H and O–H groups in total. The van der Waals surface area contributed by atoms with Gasteiger partial charge in [-0.15, -0.1) is 0 Å². The molecule has 0 saturated heterocycles. The van der Waals surface area contributed by atoms with Crippen molar-refractivity contribution in [3.8, 4) is 5.75 Å². The van der Waals surface area contributed by atoms with E-state index in [9.17, 15) is 4.79 Å². The number of carbonyl (C=O) groups is 1. The Morgan fingerprint density at radius 3 is 2.43 bits per heavy atom. The summed E-state index contributed by atoms with van der Waals surface area (Å²) in [6.07, 6.45) is 0. The van der Waals surface area contributed by atoms with E-state index in [0.29, 0.717) is 41.1 Å². The lowest BCUT2D eigenvalue weighted by atomic mass is 10.1. The van der Waals surface area contributed by atoms with Gasteiger partial charge in [0.05, 0.1) is 21.4 Å². The molecule has 6 heteroatoms. The van der Waals surface area contributed by atoms with Gasteiger partial charge in [-0.25, -0.2) is 0 Å². The van der Waals surface area contributed by atoms with Gasteiger partial charge in [-0.05, 0) is 29.8 Å². The summed E-state index contributed by atoms with van der Waals surface area (Å²) in [7, 11) is 0. The van der Waals surface area contributed by atoms with Crippen molar-refractivity contribution in [2.75, 3.05) is 23.3 Å². The molecule has 1 amide bonds. The van der Waals surface area contributed by atoms with Crippen molar-refractivity contribution < 1.29 is 9.53 Å². The number of para-hydroxylation sites is 2. The van der Waals surface area contributed by atoms with E-state index in [1.807, 2.05) is 54.6 Å². The van der Waals surface area contributed by atoms with E-state index in [1.165, 1.54) is 0 Å². The fraction of sp³-hybridized carbons (Fsp3) is 0.136. The zero-order valence-corrected chi connectivity index (χ0v) is 16.5. The van der Waals surface area contributed by atoms with Crippen LogP contribution in [0.1, 0.15) is 15.9 Å². The first-order valence-corrected chi connectivity index (χ1v) is 9.69. The van der Waals surface area contributed by atoms with Crippen LogP contribution < -0.4 is 15.0 Å². The van der Waals surface area contributed by atoms with Crippen LogP contribution in [0.2, 0.25) is 10.0 Å². The monoisotopic (exact) mass is 412 g/mol. The van der Waals surface area contributed by atoms with E-state index >= 15 is 0 Å². The quantitative estimate of drug-likeness (QED) is 0.602.